The molecule has 0 spiro atoms. The van der Waals surface area contributed by atoms with Crippen molar-refractivity contribution in [1.29, 1.82) is 0 Å². The highest BCUT2D eigenvalue weighted by molar-refractivity contribution is 7.16. The monoisotopic (exact) mass is 374 g/mol. The summed E-state index contributed by atoms with van der Waals surface area (Å²) in [6, 6.07) is 7.54. The van der Waals surface area contributed by atoms with Crippen LogP contribution in [0.15, 0.2) is 35.5 Å². The summed E-state index contributed by atoms with van der Waals surface area (Å²) < 4.78 is 15.5. The number of aromatic nitrogens is 3. The molecule has 0 saturated heterocycles. The van der Waals surface area contributed by atoms with Gasteiger partial charge in [0, 0.05) is 25.9 Å². The minimum absolute atomic E-state index is 0.298. The van der Waals surface area contributed by atoms with Gasteiger partial charge < -0.3 is 14.0 Å². The third-order valence-electron chi connectivity index (χ3n) is 3.99. The van der Waals surface area contributed by atoms with Crippen LogP contribution in [0.4, 0.5) is 0 Å². The molecule has 7 nitrogen and oxygen atoms in total. The Labute approximate surface area is 155 Å². The first-order chi connectivity index (χ1) is 12.7. The number of thiazole rings is 1. The van der Waals surface area contributed by atoms with Crippen molar-refractivity contribution in [3.8, 4) is 5.75 Å². The molecule has 0 fully saturated rings. The van der Waals surface area contributed by atoms with Crippen LogP contribution in [0.5, 0.6) is 5.75 Å². The Morgan fingerprint density at radius 1 is 1.31 bits per heavy atom. The van der Waals surface area contributed by atoms with Crippen molar-refractivity contribution >= 4 is 27.5 Å². The molecule has 0 saturated carbocycles. The molecule has 3 rings (SSSR count). The largest absolute Gasteiger partial charge is 0.497 e. The summed E-state index contributed by atoms with van der Waals surface area (Å²) in [5, 5.41) is 4.14. The smallest absolute Gasteiger partial charge is 0.297 e. The molecule has 1 aromatic carbocycles. The van der Waals surface area contributed by atoms with E-state index in [0.29, 0.717) is 36.8 Å². The van der Waals surface area contributed by atoms with E-state index in [-0.39, 0.29) is 5.91 Å². The lowest BCUT2D eigenvalue weighted by atomic mass is 10.3. The van der Waals surface area contributed by atoms with Gasteiger partial charge in [-0.05, 0) is 38.1 Å². The number of benzene rings is 1. The zero-order valence-corrected chi connectivity index (χ0v) is 16.0. The van der Waals surface area contributed by atoms with Crippen molar-refractivity contribution < 1.29 is 14.3 Å². The summed E-state index contributed by atoms with van der Waals surface area (Å²) in [5.41, 5.74) is 1.49. The Balaban J connectivity index is 2.07. The molecule has 0 aliphatic heterocycles. The van der Waals surface area contributed by atoms with Gasteiger partial charge in [-0.3, -0.25) is 9.48 Å². The van der Waals surface area contributed by atoms with Crippen LogP contribution in [0, 0.1) is 0 Å². The van der Waals surface area contributed by atoms with Gasteiger partial charge in [-0.25, -0.2) is 0 Å². The molecule has 2 aromatic heterocycles. The lowest BCUT2D eigenvalue weighted by molar-refractivity contribution is 0.0986. The molecule has 2 heterocycles. The second-order valence-electron chi connectivity index (χ2n) is 5.52. The third kappa shape index (κ3) is 3.71. The maximum Gasteiger partial charge on any atom is 0.297 e. The Morgan fingerprint density at radius 2 is 2.15 bits per heavy atom. The second kappa shape index (κ2) is 8.29. The minimum Gasteiger partial charge on any atom is -0.497 e. The van der Waals surface area contributed by atoms with Gasteiger partial charge in [0.1, 0.15) is 11.4 Å². The van der Waals surface area contributed by atoms with E-state index in [1.165, 1.54) is 11.3 Å². The summed E-state index contributed by atoms with van der Waals surface area (Å²) in [6.07, 6.45) is 1.62. The number of aryl methyl sites for hydroxylation is 1. The number of rotatable bonds is 7. The van der Waals surface area contributed by atoms with E-state index in [1.54, 1.807) is 24.1 Å². The molecule has 0 N–H and O–H groups in total. The number of methoxy groups -OCH3 is 1. The Morgan fingerprint density at radius 3 is 2.88 bits per heavy atom. The van der Waals surface area contributed by atoms with Gasteiger partial charge in [0.05, 0.1) is 23.9 Å². The molecule has 0 unspecified atom stereocenters. The molecule has 8 heteroatoms. The zero-order chi connectivity index (χ0) is 18.5. The topological polar surface area (TPSA) is 70.6 Å². The van der Waals surface area contributed by atoms with Crippen molar-refractivity contribution in [1.82, 2.24) is 14.3 Å². The van der Waals surface area contributed by atoms with Gasteiger partial charge in [-0.1, -0.05) is 11.3 Å². The van der Waals surface area contributed by atoms with Crippen LogP contribution >= 0.6 is 11.3 Å². The van der Waals surface area contributed by atoms with E-state index < -0.39 is 0 Å². The molecule has 0 aliphatic carbocycles. The van der Waals surface area contributed by atoms with Gasteiger partial charge in [0.2, 0.25) is 0 Å². The minimum atomic E-state index is -0.298. The molecular weight excluding hydrogens is 352 g/mol. The van der Waals surface area contributed by atoms with Crippen molar-refractivity contribution in [2.24, 2.45) is 4.99 Å². The van der Waals surface area contributed by atoms with E-state index in [0.717, 1.165) is 16.0 Å². The lowest BCUT2D eigenvalue weighted by Gasteiger charge is -2.06. The first-order valence-corrected chi connectivity index (χ1v) is 9.35. The number of carbonyl (C=O) groups is 1. The maximum atomic E-state index is 12.6. The Kier molecular flexibility index (Phi) is 5.85. The molecule has 0 bridgehead atoms. The second-order valence-corrected chi connectivity index (χ2v) is 6.53. The summed E-state index contributed by atoms with van der Waals surface area (Å²) >= 11 is 1.46. The van der Waals surface area contributed by atoms with Crippen molar-refractivity contribution in [2.75, 3.05) is 20.3 Å². The van der Waals surface area contributed by atoms with E-state index in [9.17, 15) is 4.79 Å². The van der Waals surface area contributed by atoms with E-state index in [2.05, 4.69) is 10.1 Å². The van der Waals surface area contributed by atoms with Crippen LogP contribution < -0.4 is 9.54 Å². The average Bonchev–Trinajstić information content (AvgIpc) is 3.26. The summed E-state index contributed by atoms with van der Waals surface area (Å²) in [5.74, 6) is 0.477. The highest BCUT2D eigenvalue weighted by atomic mass is 32.1. The highest BCUT2D eigenvalue weighted by Crippen LogP contribution is 2.23. The fourth-order valence-electron chi connectivity index (χ4n) is 2.69. The summed E-state index contributed by atoms with van der Waals surface area (Å²) in [6.45, 7) is 6.36. The molecule has 1 amide bonds. The van der Waals surface area contributed by atoms with E-state index in [4.69, 9.17) is 9.47 Å². The summed E-state index contributed by atoms with van der Waals surface area (Å²) in [4.78, 5) is 17.7. The number of hydrogen-bond donors (Lipinski definition) is 0. The van der Waals surface area contributed by atoms with Crippen LogP contribution in [0.1, 0.15) is 24.3 Å². The van der Waals surface area contributed by atoms with Crippen molar-refractivity contribution in [3.63, 3.8) is 0 Å². The predicted molar refractivity (Wildman–Crippen MR) is 101 cm³/mol. The average molecular weight is 374 g/mol. The van der Waals surface area contributed by atoms with Gasteiger partial charge in [-0.2, -0.15) is 10.1 Å². The number of fused-ring (bicyclic) bond motifs is 1. The standard InChI is InChI=1S/C18H22N4O3S/c1-4-22-15(8-9-19-22)17(23)20-18-21(10-11-25-5-2)14-7-6-13(24-3)12-16(14)26-18/h6-9,12H,4-5,10-11H2,1-3H3. The molecular formula is C18H22N4O3S. The number of ether oxygens (including phenoxy) is 2. The number of hydrogen-bond acceptors (Lipinski definition) is 5. The van der Waals surface area contributed by atoms with E-state index in [1.807, 2.05) is 36.6 Å². The first-order valence-electron chi connectivity index (χ1n) is 8.54. The van der Waals surface area contributed by atoms with Crippen LogP contribution in [0.3, 0.4) is 0 Å². The molecule has 0 radical (unpaired) electrons. The SMILES string of the molecule is CCOCCn1c(=NC(=O)c2ccnn2CC)sc2cc(OC)ccc21. The number of nitrogens with zero attached hydrogens (tertiary/aromatic N) is 4. The molecule has 138 valence electrons. The lowest BCUT2D eigenvalue weighted by Crippen LogP contribution is -2.20. The van der Waals surface area contributed by atoms with Gasteiger partial charge in [0.25, 0.3) is 5.91 Å². The van der Waals surface area contributed by atoms with Crippen LogP contribution in [0.25, 0.3) is 10.2 Å². The first kappa shape index (κ1) is 18.3. The Hall–Kier alpha value is -2.45. The molecule has 3 aromatic rings. The predicted octanol–water partition coefficient (Wildman–Crippen LogP) is 2.71. The number of amides is 1. The van der Waals surface area contributed by atoms with Crippen LogP contribution in [-0.2, 0) is 17.8 Å². The fraction of sp³-hybridized carbons (Fsp3) is 0.389. The van der Waals surface area contributed by atoms with Gasteiger partial charge >= 0.3 is 0 Å². The Bertz CT molecular complexity index is 970. The molecule has 26 heavy (non-hydrogen) atoms. The number of carbonyl (C=O) groups excluding carboxylic acids is 1. The third-order valence-corrected chi connectivity index (χ3v) is 5.03. The van der Waals surface area contributed by atoms with Gasteiger partial charge in [-0.15, -0.1) is 0 Å². The molecule has 0 atom stereocenters. The van der Waals surface area contributed by atoms with Crippen molar-refractivity contribution in [3.05, 3.63) is 41.0 Å². The van der Waals surface area contributed by atoms with Crippen LogP contribution in [0.2, 0.25) is 0 Å². The summed E-state index contributed by atoms with van der Waals surface area (Å²) in [7, 11) is 1.64. The quantitative estimate of drug-likeness (QED) is 0.596. The zero-order valence-electron chi connectivity index (χ0n) is 15.1. The van der Waals surface area contributed by atoms with Crippen LogP contribution in [-0.4, -0.2) is 40.6 Å². The van der Waals surface area contributed by atoms with E-state index >= 15 is 0 Å². The van der Waals surface area contributed by atoms with Crippen molar-refractivity contribution in [2.45, 2.75) is 26.9 Å². The highest BCUT2D eigenvalue weighted by Gasteiger charge is 2.13. The van der Waals surface area contributed by atoms with Gasteiger partial charge in [0.15, 0.2) is 4.80 Å². The fourth-order valence-corrected chi connectivity index (χ4v) is 3.78. The normalized spacial score (nSPS) is 12.0. The maximum absolute atomic E-state index is 12.6. The molecule has 0 aliphatic rings.